The summed E-state index contributed by atoms with van der Waals surface area (Å²) in [5, 5.41) is 0.443. The highest BCUT2D eigenvalue weighted by Crippen LogP contribution is 2.47. The SMILES string of the molecule is O=c1ccc2c(ncn2Cc2ccc(P(=O)(Oc3ccccc3)Oc3ccccc3)cc2)[nH]1. The number of fused-ring (bicyclic) bond motifs is 1. The van der Waals surface area contributed by atoms with Gasteiger partial charge in [-0.1, -0.05) is 48.5 Å². The first kappa shape index (κ1) is 20.8. The van der Waals surface area contributed by atoms with Crippen LogP contribution in [0.25, 0.3) is 11.2 Å². The van der Waals surface area contributed by atoms with Gasteiger partial charge in [-0.2, -0.15) is 0 Å². The van der Waals surface area contributed by atoms with Crippen LogP contribution in [-0.4, -0.2) is 14.5 Å². The Bertz CT molecular complexity index is 1430. The zero-order valence-electron chi connectivity index (χ0n) is 17.5. The van der Waals surface area contributed by atoms with E-state index in [0.29, 0.717) is 29.0 Å². The third kappa shape index (κ3) is 4.59. The summed E-state index contributed by atoms with van der Waals surface area (Å²) in [6.07, 6.45) is 1.68. The molecule has 0 spiro atoms. The van der Waals surface area contributed by atoms with E-state index in [2.05, 4.69) is 9.97 Å². The summed E-state index contributed by atoms with van der Waals surface area (Å²) in [6, 6.07) is 28.4. The number of rotatable bonds is 7. The number of imidazole rings is 1. The van der Waals surface area contributed by atoms with E-state index in [-0.39, 0.29) is 5.56 Å². The molecule has 7 nitrogen and oxygen atoms in total. The topological polar surface area (TPSA) is 86.2 Å². The molecule has 5 rings (SSSR count). The van der Waals surface area contributed by atoms with Gasteiger partial charge < -0.3 is 18.6 Å². The molecule has 8 heteroatoms. The van der Waals surface area contributed by atoms with Gasteiger partial charge in [0.1, 0.15) is 11.5 Å². The van der Waals surface area contributed by atoms with Crippen molar-refractivity contribution >= 4 is 24.1 Å². The zero-order chi connectivity index (χ0) is 22.7. The fraction of sp³-hybridized carbons (Fsp3) is 0.0400. The van der Waals surface area contributed by atoms with Gasteiger partial charge in [-0.25, -0.2) is 9.55 Å². The average molecular weight is 457 g/mol. The van der Waals surface area contributed by atoms with Crippen LogP contribution in [0.15, 0.2) is 108 Å². The predicted molar refractivity (Wildman–Crippen MR) is 127 cm³/mol. The Morgan fingerprint density at radius 1 is 0.788 bits per heavy atom. The first-order valence-electron chi connectivity index (χ1n) is 10.3. The van der Waals surface area contributed by atoms with Crippen molar-refractivity contribution in [2.45, 2.75) is 6.54 Å². The summed E-state index contributed by atoms with van der Waals surface area (Å²) >= 11 is 0. The van der Waals surface area contributed by atoms with Crippen LogP contribution in [0, 0.1) is 0 Å². The van der Waals surface area contributed by atoms with Crippen LogP contribution in [0.4, 0.5) is 0 Å². The fourth-order valence-electron chi connectivity index (χ4n) is 3.45. The molecule has 0 radical (unpaired) electrons. The van der Waals surface area contributed by atoms with Gasteiger partial charge in [0.05, 0.1) is 17.1 Å². The van der Waals surface area contributed by atoms with E-state index in [1.165, 1.54) is 6.07 Å². The van der Waals surface area contributed by atoms with E-state index in [1.54, 1.807) is 48.8 Å². The normalized spacial score (nSPS) is 11.4. The van der Waals surface area contributed by atoms with Gasteiger partial charge in [-0.05, 0) is 48.0 Å². The second kappa shape index (κ2) is 8.81. The monoisotopic (exact) mass is 457 g/mol. The third-order valence-corrected chi connectivity index (χ3v) is 6.89. The average Bonchev–Trinajstić information content (AvgIpc) is 3.22. The molecule has 0 saturated heterocycles. The lowest BCUT2D eigenvalue weighted by Crippen LogP contribution is -2.15. The predicted octanol–water partition coefficient (Wildman–Crippen LogP) is 4.75. The van der Waals surface area contributed by atoms with Gasteiger partial charge in [0.25, 0.3) is 0 Å². The first-order valence-corrected chi connectivity index (χ1v) is 11.9. The number of hydrogen-bond acceptors (Lipinski definition) is 5. The molecular weight excluding hydrogens is 437 g/mol. The lowest BCUT2D eigenvalue weighted by molar-refractivity contribution is 0.399. The van der Waals surface area contributed by atoms with Gasteiger partial charge in [-0.15, -0.1) is 0 Å². The molecule has 0 fully saturated rings. The van der Waals surface area contributed by atoms with Crippen molar-refractivity contribution in [1.29, 1.82) is 0 Å². The van der Waals surface area contributed by atoms with Crippen molar-refractivity contribution in [1.82, 2.24) is 14.5 Å². The minimum Gasteiger partial charge on any atom is -0.413 e. The van der Waals surface area contributed by atoms with E-state index in [0.717, 1.165) is 11.1 Å². The minimum atomic E-state index is -3.71. The van der Waals surface area contributed by atoms with Crippen molar-refractivity contribution in [3.8, 4) is 11.5 Å². The molecule has 0 aliphatic heterocycles. The van der Waals surface area contributed by atoms with Crippen molar-refractivity contribution in [3.63, 3.8) is 0 Å². The van der Waals surface area contributed by atoms with Gasteiger partial charge in [-0.3, -0.25) is 4.79 Å². The highest BCUT2D eigenvalue weighted by atomic mass is 31.2. The van der Waals surface area contributed by atoms with Crippen molar-refractivity contribution in [2.24, 2.45) is 0 Å². The Hall–Kier alpha value is -4.09. The van der Waals surface area contributed by atoms with Crippen molar-refractivity contribution < 1.29 is 13.6 Å². The first-order chi connectivity index (χ1) is 16.1. The van der Waals surface area contributed by atoms with Crippen molar-refractivity contribution in [3.05, 3.63) is 119 Å². The molecule has 2 heterocycles. The van der Waals surface area contributed by atoms with E-state index in [4.69, 9.17) is 9.05 Å². The number of aromatic nitrogens is 3. The molecule has 0 unspecified atom stereocenters. The molecule has 5 aromatic rings. The van der Waals surface area contributed by atoms with E-state index in [9.17, 15) is 9.36 Å². The Morgan fingerprint density at radius 3 is 2.00 bits per heavy atom. The zero-order valence-corrected chi connectivity index (χ0v) is 18.4. The van der Waals surface area contributed by atoms with E-state index >= 15 is 0 Å². The standard InChI is InChI=1S/C25H20N3O4P/c29-24-16-15-23-25(27-24)26-18-28(23)17-19-11-13-22(14-12-19)33(30,31-20-7-3-1-4-8-20)32-21-9-5-2-6-10-21/h1-16,18H,17H2,(H,27,29). The number of H-pyrrole nitrogens is 1. The second-order valence-corrected chi connectivity index (χ2v) is 9.28. The molecule has 1 N–H and O–H groups in total. The minimum absolute atomic E-state index is 0.190. The van der Waals surface area contributed by atoms with Crippen LogP contribution in [0.5, 0.6) is 11.5 Å². The Morgan fingerprint density at radius 2 is 1.39 bits per heavy atom. The Balaban J connectivity index is 1.44. The Kier molecular flexibility index (Phi) is 5.55. The van der Waals surface area contributed by atoms with E-state index < -0.39 is 7.60 Å². The number of pyridine rings is 1. The molecule has 0 atom stereocenters. The lowest BCUT2D eigenvalue weighted by atomic mass is 10.2. The Labute approximate surface area is 189 Å². The van der Waals surface area contributed by atoms with Crippen molar-refractivity contribution in [2.75, 3.05) is 0 Å². The van der Waals surface area contributed by atoms with Crippen LogP contribution in [0.1, 0.15) is 5.56 Å². The smallest absolute Gasteiger partial charge is 0.413 e. The highest BCUT2D eigenvalue weighted by molar-refractivity contribution is 7.63. The molecule has 0 aliphatic rings. The quantitative estimate of drug-likeness (QED) is 0.357. The molecule has 3 aromatic carbocycles. The van der Waals surface area contributed by atoms with Gasteiger partial charge in [0.2, 0.25) is 5.56 Å². The maximum atomic E-state index is 13.9. The number of para-hydroxylation sites is 2. The maximum absolute atomic E-state index is 13.9. The van der Waals surface area contributed by atoms with E-state index in [1.807, 2.05) is 53.1 Å². The van der Waals surface area contributed by atoms with Gasteiger partial charge in [0.15, 0.2) is 5.65 Å². The summed E-state index contributed by atoms with van der Waals surface area (Å²) < 4.78 is 27.6. The summed E-state index contributed by atoms with van der Waals surface area (Å²) in [5.41, 5.74) is 2.14. The fourth-order valence-corrected chi connectivity index (χ4v) is 5.01. The van der Waals surface area contributed by atoms with Crippen LogP contribution >= 0.6 is 7.60 Å². The third-order valence-electron chi connectivity index (χ3n) is 5.06. The number of nitrogens with one attached hydrogen (secondary N) is 1. The molecular formula is C25H20N3O4P. The molecule has 2 aromatic heterocycles. The number of hydrogen-bond donors (Lipinski definition) is 1. The van der Waals surface area contributed by atoms with Gasteiger partial charge in [0, 0.05) is 12.6 Å². The molecule has 0 bridgehead atoms. The largest absolute Gasteiger partial charge is 0.462 e. The highest BCUT2D eigenvalue weighted by Gasteiger charge is 2.31. The second-order valence-electron chi connectivity index (χ2n) is 7.40. The van der Waals surface area contributed by atoms with Gasteiger partial charge >= 0.3 is 7.60 Å². The summed E-state index contributed by atoms with van der Waals surface area (Å²) in [7, 11) is -3.71. The van der Waals surface area contributed by atoms with Crippen LogP contribution in [0.3, 0.4) is 0 Å². The number of nitrogens with zero attached hydrogens (tertiary/aromatic N) is 2. The summed E-state index contributed by atoms with van der Waals surface area (Å²) in [4.78, 5) is 18.5. The maximum Gasteiger partial charge on any atom is 0.462 e. The summed E-state index contributed by atoms with van der Waals surface area (Å²) in [5.74, 6) is 0.916. The van der Waals surface area contributed by atoms with Crippen LogP contribution in [-0.2, 0) is 11.1 Å². The molecule has 0 saturated carbocycles. The lowest BCUT2D eigenvalue weighted by Gasteiger charge is -2.20. The van der Waals surface area contributed by atoms with Crippen LogP contribution < -0.4 is 19.9 Å². The van der Waals surface area contributed by atoms with Crippen LogP contribution in [0.2, 0.25) is 0 Å². The molecule has 164 valence electrons. The number of benzene rings is 3. The molecule has 33 heavy (non-hydrogen) atoms. The molecule has 0 aliphatic carbocycles. The molecule has 0 amide bonds. The number of aromatic amines is 1. The summed E-state index contributed by atoms with van der Waals surface area (Å²) in [6.45, 7) is 0.534.